The minimum absolute atomic E-state index is 0.0689. The van der Waals surface area contributed by atoms with Crippen molar-refractivity contribution in [2.24, 2.45) is 0 Å². The zero-order valence-corrected chi connectivity index (χ0v) is 19.1. The van der Waals surface area contributed by atoms with Crippen LogP contribution in [0.15, 0.2) is 59.5 Å². The Morgan fingerprint density at radius 3 is 2.29 bits per heavy atom. The van der Waals surface area contributed by atoms with Gasteiger partial charge in [0.05, 0.1) is 16.5 Å². The highest BCUT2D eigenvalue weighted by Crippen LogP contribution is 2.41. The summed E-state index contributed by atoms with van der Waals surface area (Å²) in [6.45, 7) is 0. The van der Waals surface area contributed by atoms with Crippen molar-refractivity contribution in [1.29, 1.82) is 0 Å². The molecule has 184 valence electrons. The monoisotopic (exact) mass is 498 g/mol. The summed E-state index contributed by atoms with van der Waals surface area (Å²) in [6, 6.07) is 12.2. The molecule has 1 saturated carbocycles. The molecular weight excluding hydrogens is 472 g/mol. The van der Waals surface area contributed by atoms with E-state index in [1.165, 1.54) is 0 Å². The maximum atomic E-state index is 15.5. The lowest BCUT2D eigenvalue weighted by molar-refractivity contribution is -0.137. The van der Waals surface area contributed by atoms with E-state index in [0.717, 1.165) is 30.2 Å². The molecule has 5 nitrogen and oxygen atoms in total. The van der Waals surface area contributed by atoms with Gasteiger partial charge in [-0.15, -0.1) is 0 Å². The molecule has 0 bridgehead atoms. The number of benzene rings is 2. The highest BCUT2D eigenvalue weighted by atomic mass is 32.2. The molecule has 0 unspecified atom stereocenters. The van der Waals surface area contributed by atoms with Gasteiger partial charge in [-0.1, -0.05) is 36.4 Å². The van der Waals surface area contributed by atoms with Crippen molar-refractivity contribution in [2.45, 2.75) is 72.7 Å². The molecule has 1 aliphatic heterocycles. The van der Waals surface area contributed by atoms with Gasteiger partial charge >= 0.3 is 6.18 Å². The number of hydrogen-bond donors (Lipinski definition) is 2. The molecule has 2 fully saturated rings. The lowest BCUT2D eigenvalue weighted by atomic mass is 9.93. The fourth-order valence-corrected chi connectivity index (χ4v) is 6.45. The maximum Gasteiger partial charge on any atom is 0.416 e. The molecule has 2 aromatic rings. The van der Waals surface area contributed by atoms with Gasteiger partial charge < -0.3 is 5.32 Å². The summed E-state index contributed by atoms with van der Waals surface area (Å²) in [5.74, 6) is -0.212. The molecule has 0 radical (unpaired) electrons. The highest BCUT2D eigenvalue weighted by Gasteiger charge is 2.48. The van der Waals surface area contributed by atoms with Gasteiger partial charge in [-0.05, 0) is 62.3 Å². The first kappa shape index (κ1) is 24.7. The second-order valence-corrected chi connectivity index (χ2v) is 11.2. The molecule has 2 aliphatic rings. The number of hydrogen-bond acceptors (Lipinski definition) is 4. The summed E-state index contributed by atoms with van der Waals surface area (Å²) in [4.78, 5) is 12.0. The van der Waals surface area contributed by atoms with Crippen molar-refractivity contribution < 1.29 is 30.8 Å². The second kappa shape index (κ2) is 9.30. The lowest BCUT2D eigenvalue weighted by Crippen LogP contribution is -2.49. The summed E-state index contributed by atoms with van der Waals surface area (Å²) in [5.41, 5.74) is -0.0477. The Balaban J connectivity index is 1.36. The first-order chi connectivity index (χ1) is 16.0. The van der Waals surface area contributed by atoms with Gasteiger partial charge in [0, 0.05) is 12.1 Å². The van der Waals surface area contributed by atoms with E-state index in [2.05, 4.69) is 10.6 Å². The Morgan fingerprint density at radius 1 is 0.971 bits per heavy atom. The first-order valence-corrected chi connectivity index (χ1v) is 12.7. The van der Waals surface area contributed by atoms with E-state index in [1.54, 1.807) is 0 Å². The number of halogens is 4. The van der Waals surface area contributed by atoms with Gasteiger partial charge in [0.15, 0.2) is 0 Å². The van der Waals surface area contributed by atoms with E-state index in [4.69, 9.17) is 0 Å². The van der Waals surface area contributed by atoms with Crippen LogP contribution in [0.5, 0.6) is 0 Å². The Bertz CT molecular complexity index is 1130. The first-order valence-electron chi connectivity index (χ1n) is 11.2. The van der Waals surface area contributed by atoms with Crippen LogP contribution in [0.25, 0.3) is 0 Å². The molecule has 1 heterocycles. The number of sulfone groups is 1. The van der Waals surface area contributed by atoms with Gasteiger partial charge in [-0.3, -0.25) is 10.1 Å². The third-order valence-electron chi connectivity index (χ3n) is 6.70. The molecule has 4 rings (SSSR count). The Kier molecular flexibility index (Phi) is 6.74. The van der Waals surface area contributed by atoms with Crippen LogP contribution in [0, 0.1) is 0 Å². The van der Waals surface area contributed by atoms with Crippen LogP contribution in [0.3, 0.4) is 0 Å². The van der Waals surface area contributed by atoms with Crippen molar-refractivity contribution in [3.63, 3.8) is 0 Å². The van der Waals surface area contributed by atoms with Crippen LogP contribution in [0.2, 0.25) is 0 Å². The van der Waals surface area contributed by atoms with E-state index in [0.29, 0.717) is 12.5 Å². The lowest BCUT2D eigenvalue weighted by Gasteiger charge is -2.34. The number of carbonyl (C=O) groups is 1. The minimum atomic E-state index is -4.73. The maximum absolute atomic E-state index is 15.5. The Labute approximate surface area is 195 Å². The summed E-state index contributed by atoms with van der Waals surface area (Å²) in [7, 11) is -4.64. The van der Waals surface area contributed by atoms with Crippen LogP contribution in [-0.4, -0.2) is 31.4 Å². The van der Waals surface area contributed by atoms with E-state index in [-0.39, 0.29) is 24.8 Å². The fourth-order valence-electron chi connectivity index (χ4n) is 4.71. The second-order valence-electron chi connectivity index (χ2n) is 8.95. The fraction of sp³-hybridized carbons (Fsp3) is 0.458. The van der Waals surface area contributed by atoms with Crippen molar-refractivity contribution in [3.05, 3.63) is 65.7 Å². The third-order valence-corrected chi connectivity index (χ3v) is 8.94. The number of alkyl halides is 4. The minimum Gasteiger partial charge on any atom is -0.352 e. The topological polar surface area (TPSA) is 75.3 Å². The zero-order chi connectivity index (χ0) is 24.6. The molecular formula is C24H26F4N2O3S. The molecule has 2 N–H and O–H groups in total. The van der Waals surface area contributed by atoms with Gasteiger partial charge in [0.2, 0.25) is 20.7 Å². The number of amides is 1. The Morgan fingerprint density at radius 2 is 1.65 bits per heavy atom. The van der Waals surface area contributed by atoms with Crippen LogP contribution in [-0.2, 0) is 20.8 Å². The summed E-state index contributed by atoms with van der Waals surface area (Å²) >= 11 is 0. The molecule has 10 heteroatoms. The summed E-state index contributed by atoms with van der Waals surface area (Å²) < 4.78 is 80.2. The summed E-state index contributed by atoms with van der Waals surface area (Å²) in [5, 5.41) is 3.50. The van der Waals surface area contributed by atoms with Crippen LogP contribution >= 0.6 is 0 Å². The van der Waals surface area contributed by atoms with E-state index >= 15 is 4.39 Å². The quantitative estimate of drug-likeness (QED) is 0.587. The number of nitrogens with one attached hydrogen (secondary N) is 2. The average molecular weight is 499 g/mol. The van der Waals surface area contributed by atoms with E-state index < -0.39 is 56.4 Å². The molecule has 34 heavy (non-hydrogen) atoms. The van der Waals surface area contributed by atoms with Crippen molar-refractivity contribution in [2.75, 3.05) is 0 Å². The van der Waals surface area contributed by atoms with Gasteiger partial charge in [0.1, 0.15) is 0 Å². The predicted octanol–water partition coefficient (Wildman–Crippen LogP) is 4.70. The van der Waals surface area contributed by atoms with E-state index in [9.17, 15) is 26.4 Å². The highest BCUT2D eigenvalue weighted by molar-refractivity contribution is 7.92. The SMILES string of the molecule is O=C(NC1CCC(F)(S(=O)(=O)c2cccc(C(F)(F)F)c2)CC1)[C@H]1CC[C@@H](c2ccccc2)N1. The Hall–Kier alpha value is -2.46. The summed E-state index contributed by atoms with van der Waals surface area (Å²) in [6.07, 6.45) is -3.93. The smallest absolute Gasteiger partial charge is 0.352 e. The molecule has 0 spiro atoms. The molecule has 2 aromatic carbocycles. The van der Waals surface area contributed by atoms with Gasteiger partial charge in [-0.2, -0.15) is 13.2 Å². The molecule has 0 aromatic heterocycles. The number of rotatable bonds is 5. The van der Waals surface area contributed by atoms with Crippen molar-refractivity contribution >= 4 is 15.7 Å². The third kappa shape index (κ3) is 4.98. The largest absolute Gasteiger partial charge is 0.416 e. The zero-order valence-electron chi connectivity index (χ0n) is 18.3. The van der Waals surface area contributed by atoms with Crippen LogP contribution < -0.4 is 10.6 Å². The normalized spacial score (nSPS) is 27.9. The predicted molar refractivity (Wildman–Crippen MR) is 118 cm³/mol. The van der Waals surface area contributed by atoms with Crippen molar-refractivity contribution in [1.82, 2.24) is 10.6 Å². The van der Waals surface area contributed by atoms with Crippen LogP contribution in [0.1, 0.15) is 55.7 Å². The van der Waals surface area contributed by atoms with Crippen molar-refractivity contribution in [3.8, 4) is 0 Å². The average Bonchev–Trinajstić information content (AvgIpc) is 3.31. The van der Waals surface area contributed by atoms with Gasteiger partial charge in [-0.25, -0.2) is 12.8 Å². The molecule has 2 atom stereocenters. The van der Waals surface area contributed by atoms with Gasteiger partial charge in [0.25, 0.3) is 0 Å². The number of carbonyl (C=O) groups excluding carboxylic acids is 1. The van der Waals surface area contributed by atoms with E-state index in [1.807, 2.05) is 30.3 Å². The molecule has 1 aliphatic carbocycles. The molecule has 1 saturated heterocycles. The van der Waals surface area contributed by atoms with Crippen LogP contribution in [0.4, 0.5) is 17.6 Å². The standard InChI is InChI=1S/C24H26F4N2O3S/c25-23(34(32,33)19-8-4-7-17(15-19)24(26,27)28)13-11-18(12-14-23)29-22(31)21-10-9-20(30-21)16-5-2-1-3-6-16/h1-8,15,18,20-21,30H,9-14H2,(H,29,31)/t18?,20-,21+,23?/m0/s1. The molecule has 1 amide bonds.